The monoisotopic (exact) mass is 481 g/mol. The van der Waals surface area contributed by atoms with Crippen molar-refractivity contribution < 1.29 is 14.4 Å². The molecule has 2 aliphatic carbocycles. The van der Waals surface area contributed by atoms with Crippen molar-refractivity contribution in [1.29, 1.82) is 0 Å². The van der Waals surface area contributed by atoms with Crippen molar-refractivity contribution in [2.24, 2.45) is 11.8 Å². The van der Waals surface area contributed by atoms with Gasteiger partial charge in [-0.1, -0.05) is 12.8 Å². The minimum absolute atomic E-state index is 0.0209. The summed E-state index contributed by atoms with van der Waals surface area (Å²) in [4.78, 5) is 45.2. The molecule has 8 heteroatoms. The molecule has 0 atom stereocenters. The topological polar surface area (TPSA) is 85.0 Å². The Morgan fingerprint density at radius 1 is 0.771 bits per heavy atom. The number of hydrogen-bond donors (Lipinski definition) is 2. The highest BCUT2D eigenvalue weighted by Crippen LogP contribution is 2.33. The van der Waals surface area contributed by atoms with E-state index in [1.165, 1.54) is 6.42 Å². The van der Waals surface area contributed by atoms with Gasteiger partial charge in [0, 0.05) is 63.2 Å². The predicted molar refractivity (Wildman–Crippen MR) is 137 cm³/mol. The zero-order chi connectivity index (χ0) is 24.2. The van der Waals surface area contributed by atoms with Crippen LogP contribution in [0, 0.1) is 11.8 Å². The van der Waals surface area contributed by atoms with Gasteiger partial charge in [-0.3, -0.25) is 14.4 Å². The maximum Gasteiger partial charge on any atom is 0.253 e. The third kappa shape index (κ3) is 5.47. The molecule has 4 aliphatic rings. The molecule has 2 saturated carbocycles. The lowest BCUT2D eigenvalue weighted by Crippen LogP contribution is -2.41. The van der Waals surface area contributed by atoms with Crippen LogP contribution in [0.25, 0.3) is 0 Å². The van der Waals surface area contributed by atoms with Crippen LogP contribution in [-0.4, -0.2) is 79.9 Å². The molecule has 1 aromatic carbocycles. The first-order valence-corrected chi connectivity index (χ1v) is 13.6. The molecular formula is C27H39N5O3. The molecular weight excluding hydrogens is 442 g/mol. The van der Waals surface area contributed by atoms with Crippen LogP contribution in [0.5, 0.6) is 0 Å². The van der Waals surface area contributed by atoms with Gasteiger partial charge in [0.25, 0.3) is 5.91 Å². The molecule has 2 heterocycles. The van der Waals surface area contributed by atoms with E-state index in [4.69, 9.17) is 0 Å². The van der Waals surface area contributed by atoms with Crippen molar-refractivity contribution in [3.8, 4) is 0 Å². The van der Waals surface area contributed by atoms with Crippen LogP contribution in [0.15, 0.2) is 18.2 Å². The first kappa shape index (κ1) is 24.1. The Hall–Kier alpha value is -2.61. The second-order valence-electron chi connectivity index (χ2n) is 10.5. The summed E-state index contributed by atoms with van der Waals surface area (Å²) >= 11 is 0. The molecule has 0 bridgehead atoms. The van der Waals surface area contributed by atoms with Crippen LogP contribution < -0.4 is 15.5 Å². The van der Waals surface area contributed by atoms with Gasteiger partial charge in [0.2, 0.25) is 11.8 Å². The second kappa shape index (κ2) is 11.0. The number of rotatable bonds is 5. The Labute approximate surface area is 208 Å². The number of nitrogens with one attached hydrogen (secondary N) is 2. The average Bonchev–Trinajstić information content (AvgIpc) is 3.20. The minimum atomic E-state index is 0.0209. The Kier molecular flexibility index (Phi) is 7.56. The maximum atomic E-state index is 13.3. The molecule has 0 aromatic heterocycles. The Morgan fingerprint density at radius 3 is 2.29 bits per heavy atom. The molecule has 0 spiro atoms. The molecule has 8 nitrogen and oxygen atoms in total. The third-order valence-electron chi connectivity index (χ3n) is 8.21. The van der Waals surface area contributed by atoms with Crippen molar-refractivity contribution in [2.45, 2.75) is 51.4 Å². The van der Waals surface area contributed by atoms with Gasteiger partial charge < -0.3 is 25.3 Å². The first-order chi connectivity index (χ1) is 17.1. The van der Waals surface area contributed by atoms with Crippen molar-refractivity contribution in [1.82, 2.24) is 15.1 Å². The van der Waals surface area contributed by atoms with Gasteiger partial charge >= 0.3 is 0 Å². The largest absolute Gasteiger partial charge is 0.368 e. The molecule has 4 fully saturated rings. The zero-order valence-electron chi connectivity index (χ0n) is 20.8. The summed E-state index contributed by atoms with van der Waals surface area (Å²) in [7, 11) is 0. The molecule has 1 aromatic rings. The minimum Gasteiger partial charge on any atom is -0.368 e. The van der Waals surface area contributed by atoms with E-state index in [-0.39, 0.29) is 23.7 Å². The Morgan fingerprint density at radius 2 is 1.54 bits per heavy atom. The van der Waals surface area contributed by atoms with E-state index in [1.807, 2.05) is 28.0 Å². The van der Waals surface area contributed by atoms with E-state index < -0.39 is 0 Å². The Bertz CT molecular complexity index is 935. The summed E-state index contributed by atoms with van der Waals surface area (Å²) in [6.07, 6.45) is 8.03. The SMILES string of the molecule is O=C(Nc1cc(C(=O)N2CCCNCC2)ccc1N1CCCN(C(=O)C2CCC2)CC1)C1CCC1. The highest BCUT2D eigenvalue weighted by atomic mass is 16.2. The van der Waals surface area contributed by atoms with Gasteiger partial charge in [-0.05, 0) is 63.3 Å². The van der Waals surface area contributed by atoms with Gasteiger partial charge in [-0.25, -0.2) is 0 Å². The summed E-state index contributed by atoms with van der Waals surface area (Å²) in [6.45, 7) is 6.22. The first-order valence-electron chi connectivity index (χ1n) is 13.6. The van der Waals surface area contributed by atoms with E-state index in [9.17, 15) is 14.4 Å². The molecule has 2 aliphatic heterocycles. The highest BCUT2D eigenvalue weighted by Gasteiger charge is 2.31. The fraction of sp³-hybridized carbons (Fsp3) is 0.667. The number of amides is 3. The standard InChI is InChI=1S/C27H39N5O3/c33-25(20-5-1-6-20)29-23-19-22(27(35)31-13-3-11-28-12-16-31)9-10-24(23)30-14-4-15-32(18-17-30)26(34)21-7-2-8-21/h9-10,19-21,28H,1-8,11-18H2,(H,29,33). The van der Waals surface area contributed by atoms with Gasteiger partial charge in [-0.15, -0.1) is 0 Å². The van der Waals surface area contributed by atoms with Crippen LogP contribution >= 0.6 is 0 Å². The summed E-state index contributed by atoms with van der Waals surface area (Å²) < 4.78 is 0. The third-order valence-corrected chi connectivity index (χ3v) is 8.21. The number of hydrogen-bond acceptors (Lipinski definition) is 5. The molecule has 35 heavy (non-hydrogen) atoms. The van der Waals surface area contributed by atoms with Crippen LogP contribution in [-0.2, 0) is 9.59 Å². The summed E-state index contributed by atoms with van der Waals surface area (Å²) in [5.41, 5.74) is 2.29. The number of carbonyl (C=O) groups excluding carboxylic acids is 3. The summed E-state index contributed by atoms with van der Waals surface area (Å²) in [5, 5.41) is 6.51. The molecule has 2 saturated heterocycles. The molecule has 0 radical (unpaired) electrons. The summed E-state index contributed by atoms with van der Waals surface area (Å²) in [5.74, 6) is 0.673. The number of anilines is 2. The molecule has 2 N–H and O–H groups in total. The smallest absolute Gasteiger partial charge is 0.253 e. The van der Waals surface area contributed by atoms with Crippen LogP contribution in [0.3, 0.4) is 0 Å². The van der Waals surface area contributed by atoms with Gasteiger partial charge in [-0.2, -0.15) is 0 Å². The van der Waals surface area contributed by atoms with Crippen molar-refractivity contribution in [3.05, 3.63) is 23.8 Å². The summed E-state index contributed by atoms with van der Waals surface area (Å²) in [6, 6.07) is 5.76. The molecule has 190 valence electrons. The Balaban J connectivity index is 1.34. The van der Waals surface area contributed by atoms with Gasteiger partial charge in [0.05, 0.1) is 11.4 Å². The average molecular weight is 482 g/mol. The van der Waals surface area contributed by atoms with E-state index >= 15 is 0 Å². The van der Waals surface area contributed by atoms with Crippen molar-refractivity contribution >= 4 is 29.1 Å². The predicted octanol–water partition coefficient (Wildman–Crippen LogP) is 2.70. The fourth-order valence-corrected chi connectivity index (χ4v) is 5.47. The van der Waals surface area contributed by atoms with E-state index in [0.29, 0.717) is 24.6 Å². The molecule has 5 rings (SSSR count). The van der Waals surface area contributed by atoms with Crippen LogP contribution in [0.2, 0.25) is 0 Å². The van der Waals surface area contributed by atoms with E-state index in [1.54, 1.807) is 0 Å². The number of carbonyl (C=O) groups is 3. The zero-order valence-corrected chi connectivity index (χ0v) is 20.8. The second-order valence-corrected chi connectivity index (χ2v) is 10.5. The number of benzene rings is 1. The van der Waals surface area contributed by atoms with E-state index in [0.717, 1.165) is 95.6 Å². The lowest BCUT2D eigenvalue weighted by molar-refractivity contribution is -0.137. The van der Waals surface area contributed by atoms with Gasteiger partial charge in [0.15, 0.2) is 0 Å². The fourth-order valence-electron chi connectivity index (χ4n) is 5.47. The molecule has 3 amide bonds. The van der Waals surface area contributed by atoms with Crippen molar-refractivity contribution in [2.75, 3.05) is 62.6 Å². The molecule has 0 unspecified atom stereocenters. The quantitative estimate of drug-likeness (QED) is 0.676. The lowest BCUT2D eigenvalue weighted by atomic mass is 9.84. The van der Waals surface area contributed by atoms with E-state index in [2.05, 4.69) is 15.5 Å². The lowest BCUT2D eigenvalue weighted by Gasteiger charge is -2.31. The van der Waals surface area contributed by atoms with Gasteiger partial charge in [0.1, 0.15) is 0 Å². The number of nitrogens with zero attached hydrogens (tertiary/aromatic N) is 3. The van der Waals surface area contributed by atoms with Crippen LogP contribution in [0.4, 0.5) is 11.4 Å². The highest BCUT2D eigenvalue weighted by molar-refractivity contribution is 6.00. The normalized spacial score (nSPS) is 22.0. The van der Waals surface area contributed by atoms with Crippen molar-refractivity contribution in [3.63, 3.8) is 0 Å². The van der Waals surface area contributed by atoms with Crippen LogP contribution in [0.1, 0.15) is 61.7 Å². The maximum absolute atomic E-state index is 13.3.